The summed E-state index contributed by atoms with van der Waals surface area (Å²) >= 11 is 5.89. The minimum atomic E-state index is -0.475. The molecular formula is C13H15ClFN3O2. The molecule has 1 aliphatic heterocycles. The summed E-state index contributed by atoms with van der Waals surface area (Å²) in [5.74, 6) is -0.533. The summed E-state index contributed by atoms with van der Waals surface area (Å²) in [6, 6.07) is 3.72. The summed E-state index contributed by atoms with van der Waals surface area (Å²) in [7, 11) is 0. The number of halogens is 2. The number of amidine groups is 1. The lowest BCUT2D eigenvalue weighted by atomic mass is 9.95. The second kappa shape index (κ2) is 6.09. The van der Waals surface area contributed by atoms with Crippen LogP contribution in [0.15, 0.2) is 23.4 Å². The lowest BCUT2D eigenvalue weighted by Gasteiger charge is -2.31. The monoisotopic (exact) mass is 299 g/mol. The summed E-state index contributed by atoms with van der Waals surface area (Å²) in [5.41, 5.74) is 5.84. The van der Waals surface area contributed by atoms with Crippen LogP contribution in [0.4, 0.5) is 4.39 Å². The van der Waals surface area contributed by atoms with Gasteiger partial charge in [0.2, 0.25) is 0 Å². The van der Waals surface area contributed by atoms with Crippen molar-refractivity contribution in [2.24, 2.45) is 16.8 Å². The van der Waals surface area contributed by atoms with Crippen molar-refractivity contribution in [3.8, 4) is 0 Å². The number of carbonyl (C=O) groups excluding carboxylic acids is 1. The minimum Gasteiger partial charge on any atom is -0.409 e. The molecule has 2 rings (SSSR count). The van der Waals surface area contributed by atoms with Crippen LogP contribution in [-0.4, -0.2) is 34.9 Å². The van der Waals surface area contributed by atoms with Crippen LogP contribution < -0.4 is 5.73 Å². The standard InChI is InChI=1S/C13H15ClFN3O2/c14-11-7-9(15)1-2-10(11)13(19)18-5-3-8(4-6-18)12(16)17-20/h1-2,7-8,20H,3-6H2,(H2,16,17). The van der Waals surface area contributed by atoms with Crippen molar-refractivity contribution in [1.82, 2.24) is 4.90 Å². The Bertz CT molecular complexity index is 542. The molecule has 0 spiro atoms. The number of hydrogen-bond donors (Lipinski definition) is 2. The molecule has 0 radical (unpaired) electrons. The Morgan fingerprint density at radius 1 is 1.45 bits per heavy atom. The van der Waals surface area contributed by atoms with Crippen molar-refractivity contribution in [1.29, 1.82) is 0 Å². The summed E-state index contributed by atoms with van der Waals surface area (Å²) in [5, 5.41) is 11.7. The van der Waals surface area contributed by atoms with Crippen LogP contribution in [0.3, 0.4) is 0 Å². The van der Waals surface area contributed by atoms with Crippen LogP contribution >= 0.6 is 11.6 Å². The van der Waals surface area contributed by atoms with Gasteiger partial charge in [0.25, 0.3) is 5.91 Å². The SMILES string of the molecule is NC(=NO)C1CCN(C(=O)c2ccc(F)cc2Cl)CC1. The number of oxime groups is 1. The molecule has 1 amide bonds. The Morgan fingerprint density at radius 2 is 2.10 bits per heavy atom. The number of piperidine rings is 1. The van der Waals surface area contributed by atoms with Crippen molar-refractivity contribution in [3.05, 3.63) is 34.6 Å². The fraction of sp³-hybridized carbons (Fsp3) is 0.385. The van der Waals surface area contributed by atoms with Gasteiger partial charge in [0.15, 0.2) is 0 Å². The number of amides is 1. The van der Waals surface area contributed by atoms with Gasteiger partial charge in [-0.1, -0.05) is 16.8 Å². The van der Waals surface area contributed by atoms with E-state index in [0.29, 0.717) is 25.9 Å². The molecule has 0 unspecified atom stereocenters. The molecule has 0 aliphatic carbocycles. The van der Waals surface area contributed by atoms with E-state index in [1.54, 1.807) is 4.90 Å². The van der Waals surface area contributed by atoms with Crippen LogP contribution in [-0.2, 0) is 0 Å². The molecule has 108 valence electrons. The van der Waals surface area contributed by atoms with E-state index in [9.17, 15) is 9.18 Å². The summed E-state index contributed by atoms with van der Waals surface area (Å²) in [4.78, 5) is 13.9. The normalized spacial score (nSPS) is 17.3. The molecule has 1 aliphatic rings. The van der Waals surface area contributed by atoms with Crippen LogP contribution in [0.1, 0.15) is 23.2 Å². The maximum absolute atomic E-state index is 13.0. The Labute approximate surface area is 120 Å². The smallest absolute Gasteiger partial charge is 0.255 e. The molecule has 1 aromatic carbocycles. The topological polar surface area (TPSA) is 78.9 Å². The fourth-order valence-electron chi connectivity index (χ4n) is 2.29. The van der Waals surface area contributed by atoms with Crippen molar-refractivity contribution >= 4 is 23.3 Å². The highest BCUT2D eigenvalue weighted by atomic mass is 35.5. The summed E-state index contributed by atoms with van der Waals surface area (Å²) in [6.07, 6.45) is 1.25. The van der Waals surface area contributed by atoms with Gasteiger partial charge in [0.05, 0.1) is 10.6 Å². The van der Waals surface area contributed by atoms with Crippen molar-refractivity contribution < 1.29 is 14.4 Å². The fourth-order valence-corrected chi connectivity index (χ4v) is 2.54. The molecule has 1 saturated heterocycles. The Morgan fingerprint density at radius 3 is 2.65 bits per heavy atom. The maximum Gasteiger partial charge on any atom is 0.255 e. The second-order valence-corrected chi connectivity index (χ2v) is 5.12. The highest BCUT2D eigenvalue weighted by molar-refractivity contribution is 6.33. The van der Waals surface area contributed by atoms with Gasteiger partial charge >= 0.3 is 0 Å². The second-order valence-electron chi connectivity index (χ2n) is 4.72. The third-order valence-electron chi connectivity index (χ3n) is 3.48. The molecule has 0 atom stereocenters. The van der Waals surface area contributed by atoms with Gasteiger partial charge in [-0.05, 0) is 31.0 Å². The van der Waals surface area contributed by atoms with Crippen LogP contribution in [0.5, 0.6) is 0 Å². The third kappa shape index (κ3) is 3.01. The van der Waals surface area contributed by atoms with Gasteiger partial charge in [0.1, 0.15) is 11.7 Å². The number of hydrogen-bond acceptors (Lipinski definition) is 3. The van der Waals surface area contributed by atoms with E-state index in [4.69, 9.17) is 22.5 Å². The first-order chi connectivity index (χ1) is 9.52. The van der Waals surface area contributed by atoms with Crippen molar-refractivity contribution in [3.63, 3.8) is 0 Å². The van der Waals surface area contributed by atoms with E-state index in [2.05, 4.69) is 5.16 Å². The van der Waals surface area contributed by atoms with Gasteiger partial charge in [-0.3, -0.25) is 4.79 Å². The van der Waals surface area contributed by atoms with E-state index in [1.807, 2.05) is 0 Å². The summed E-state index contributed by atoms with van der Waals surface area (Å²) in [6.45, 7) is 0.987. The molecule has 1 heterocycles. The quantitative estimate of drug-likeness (QED) is 0.380. The zero-order chi connectivity index (χ0) is 14.7. The van der Waals surface area contributed by atoms with Crippen molar-refractivity contribution in [2.75, 3.05) is 13.1 Å². The van der Waals surface area contributed by atoms with Gasteiger partial charge in [-0.15, -0.1) is 0 Å². The van der Waals surface area contributed by atoms with E-state index < -0.39 is 5.82 Å². The summed E-state index contributed by atoms with van der Waals surface area (Å²) < 4.78 is 13.0. The first kappa shape index (κ1) is 14.6. The van der Waals surface area contributed by atoms with Gasteiger partial charge in [0, 0.05) is 19.0 Å². The van der Waals surface area contributed by atoms with Gasteiger partial charge < -0.3 is 15.8 Å². The molecular weight excluding hydrogens is 285 g/mol. The predicted octanol–water partition coefficient (Wildman–Crippen LogP) is 2.08. The zero-order valence-electron chi connectivity index (χ0n) is 10.7. The number of nitrogens with zero attached hydrogens (tertiary/aromatic N) is 2. The molecule has 5 nitrogen and oxygen atoms in total. The first-order valence-corrected chi connectivity index (χ1v) is 6.62. The Kier molecular flexibility index (Phi) is 4.44. The molecule has 0 aromatic heterocycles. The average Bonchev–Trinajstić information content (AvgIpc) is 2.46. The molecule has 3 N–H and O–H groups in total. The van der Waals surface area contributed by atoms with Crippen LogP contribution in [0.2, 0.25) is 5.02 Å². The molecule has 1 aromatic rings. The maximum atomic E-state index is 13.0. The number of benzene rings is 1. The van der Waals surface area contributed by atoms with E-state index in [1.165, 1.54) is 12.1 Å². The number of nitrogens with two attached hydrogens (primary N) is 1. The van der Waals surface area contributed by atoms with E-state index in [-0.39, 0.29) is 28.2 Å². The highest BCUT2D eigenvalue weighted by Gasteiger charge is 2.26. The van der Waals surface area contributed by atoms with Crippen LogP contribution in [0, 0.1) is 11.7 Å². The molecule has 7 heteroatoms. The number of carbonyl (C=O) groups is 1. The van der Waals surface area contributed by atoms with E-state index >= 15 is 0 Å². The lowest BCUT2D eigenvalue weighted by Crippen LogP contribution is -2.41. The Hall–Kier alpha value is -1.82. The largest absolute Gasteiger partial charge is 0.409 e. The molecule has 1 fully saturated rings. The molecule has 0 bridgehead atoms. The number of rotatable bonds is 2. The van der Waals surface area contributed by atoms with Gasteiger partial charge in [-0.2, -0.15) is 0 Å². The molecule has 0 saturated carbocycles. The van der Waals surface area contributed by atoms with E-state index in [0.717, 1.165) is 6.07 Å². The lowest BCUT2D eigenvalue weighted by molar-refractivity contribution is 0.0709. The zero-order valence-corrected chi connectivity index (χ0v) is 11.5. The highest BCUT2D eigenvalue weighted by Crippen LogP contribution is 2.23. The Balaban J connectivity index is 2.05. The van der Waals surface area contributed by atoms with Gasteiger partial charge in [-0.25, -0.2) is 4.39 Å². The molecule has 20 heavy (non-hydrogen) atoms. The number of likely N-dealkylation sites (tertiary alicyclic amines) is 1. The average molecular weight is 300 g/mol. The first-order valence-electron chi connectivity index (χ1n) is 6.24. The third-order valence-corrected chi connectivity index (χ3v) is 3.79. The van der Waals surface area contributed by atoms with Crippen molar-refractivity contribution in [2.45, 2.75) is 12.8 Å². The van der Waals surface area contributed by atoms with Crippen LogP contribution in [0.25, 0.3) is 0 Å². The predicted molar refractivity (Wildman–Crippen MR) is 73.4 cm³/mol. The minimum absolute atomic E-state index is 0.0206.